The van der Waals surface area contributed by atoms with E-state index in [1.54, 1.807) is 25.3 Å². The molecule has 1 atom stereocenters. The topological polar surface area (TPSA) is 82.1 Å². The summed E-state index contributed by atoms with van der Waals surface area (Å²) in [6, 6.07) is 17.7. The molecule has 2 aliphatic heterocycles. The number of aromatic nitrogens is 2. The van der Waals surface area contributed by atoms with Gasteiger partial charge in [-0.05, 0) is 24.1 Å². The standard InChI is InChI=1S/C27H30N6O3/c1-30-24(19-34)33(22-18-28-25(29-26(22)30)21-10-6-7-11-23(21)36-2)27(35)32-16-14-31(15-17-32)13-12-20-8-4-3-5-9-20/h3-11,18-19,24H,12-17H2,1-2H3. The average molecular weight is 487 g/mol. The smallest absolute Gasteiger partial charge is 0.326 e. The summed E-state index contributed by atoms with van der Waals surface area (Å²) in [6.45, 7) is 3.76. The van der Waals surface area contributed by atoms with Crippen LogP contribution in [0.25, 0.3) is 11.4 Å². The quantitative estimate of drug-likeness (QED) is 0.496. The van der Waals surface area contributed by atoms with Crippen molar-refractivity contribution in [3.8, 4) is 17.1 Å². The van der Waals surface area contributed by atoms with E-state index in [0.29, 0.717) is 36.2 Å². The first-order chi connectivity index (χ1) is 17.6. The molecule has 2 amide bonds. The van der Waals surface area contributed by atoms with Gasteiger partial charge in [0.25, 0.3) is 0 Å². The first kappa shape index (κ1) is 23.7. The van der Waals surface area contributed by atoms with Crippen LogP contribution in [0.3, 0.4) is 0 Å². The van der Waals surface area contributed by atoms with Crippen molar-refractivity contribution < 1.29 is 14.3 Å². The second-order valence-electron chi connectivity index (χ2n) is 8.98. The van der Waals surface area contributed by atoms with Gasteiger partial charge in [-0.1, -0.05) is 42.5 Å². The van der Waals surface area contributed by atoms with E-state index >= 15 is 0 Å². The van der Waals surface area contributed by atoms with Gasteiger partial charge in [0.1, 0.15) is 11.4 Å². The van der Waals surface area contributed by atoms with Gasteiger partial charge >= 0.3 is 6.03 Å². The number of ether oxygens (including phenoxy) is 1. The highest BCUT2D eigenvalue weighted by Gasteiger charge is 2.41. The van der Waals surface area contributed by atoms with E-state index in [1.165, 1.54) is 10.5 Å². The summed E-state index contributed by atoms with van der Waals surface area (Å²) in [5.74, 6) is 1.67. The third-order valence-corrected chi connectivity index (χ3v) is 6.88. The third-order valence-electron chi connectivity index (χ3n) is 6.88. The number of piperazine rings is 1. The Morgan fingerprint density at radius 1 is 1.06 bits per heavy atom. The van der Waals surface area contributed by atoms with Crippen molar-refractivity contribution in [2.24, 2.45) is 0 Å². The van der Waals surface area contributed by atoms with Crippen molar-refractivity contribution in [3.63, 3.8) is 0 Å². The zero-order valence-electron chi connectivity index (χ0n) is 20.6. The summed E-state index contributed by atoms with van der Waals surface area (Å²) >= 11 is 0. The molecule has 0 N–H and O–H groups in total. The summed E-state index contributed by atoms with van der Waals surface area (Å²) in [6.07, 6.45) is 2.61. The predicted octanol–water partition coefficient (Wildman–Crippen LogP) is 2.91. The molecule has 3 heterocycles. The van der Waals surface area contributed by atoms with Gasteiger partial charge < -0.3 is 14.5 Å². The Labute approximate surface area is 210 Å². The molecule has 36 heavy (non-hydrogen) atoms. The number of carbonyl (C=O) groups is 2. The van der Waals surface area contributed by atoms with Gasteiger partial charge in [-0.15, -0.1) is 0 Å². The van der Waals surface area contributed by atoms with E-state index in [4.69, 9.17) is 9.72 Å². The Morgan fingerprint density at radius 2 is 1.78 bits per heavy atom. The maximum absolute atomic E-state index is 13.6. The van der Waals surface area contributed by atoms with Crippen molar-refractivity contribution in [2.45, 2.75) is 12.6 Å². The molecule has 5 rings (SSSR count). The number of methoxy groups -OCH3 is 1. The average Bonchev–Trinajstić information content (AvgIpc) is 3.23. The van der Waals surface area contributed by atoms with Crippen molar-refractivity contribution in [1.29, 1.82) is 0 Å². The normalized spacial score (nSPS) is 17.7. The van der Waals surface area contributed by atoms with Crippen molar-refractivity contribution in [3.05, 3.63) is 66.4 Å². The van der Waals surface area contributed by atoms with Gasteiger partial charge in [-0.25, -0.2) is 14.8 Å². The zero-order valence-corrected chi connectivity index (χ0v) is 20.6. The largest absolute Gasteiger partial charge is 0.496 e. The molecule has 0 aliphatic carbocycles. The highest BCUT2D eigenvalue weighted by Crippen LogP contribution is 2.39. The number of hydrogen-bond donors (Lipinski definition) is 0. The second kappa shape index (κ2) is 10.3. The zero-order chi connectivity index (χ0) is 25.1. The number of benzene rings is 2. The molecule has 1 fully saturated rings. The summed E-state index contributed by atoms with van der Waals surface area (Å²) in [4.78, 5) is 42.3. The lowest BCUT2D eigenvalue weighted by Crippen LogP contribution is -2.56. The molecular weight excluding hydrogens is 456 g/mol. The second-order valence-corrected chi connectivity index (χ2v) is 8.98. The summed E-state index contributed by atoms with van der Waals surface area (Å²) in [5.41, 5.74) is 2.59. The molecule has 1 saturated heterocycles. The van der Waals surface area contributed by atoms with E-state index in [9.17, 15) is 9.59 Å². The van der Waals surface area contributed by atoms with Gasteiger partial charge in [0.2, 0.25) is 0 Å². The lowest BCUT2D eigenvalue weighted by molar-refractivity contribution is -0.108. The van der Waals surface area contributed by atoms with E-state index in [-0.39, 0.29) is 6.03 Å². The molecule has 9 nitrogen and oxygen atoms in total. The Kier molecular flexibility index (Phi) is 6.81. The van der Waals surface area contributed by atoms with Crippen LogP contribution in [0.4, 0.5) is 16.3 Å². The van der Waals surface area contributed by atoms with Crippen LogP contribution < -0.4 is 14.5 Å². The highest BCUT2D eigenvalue weighted by molar-refractivity contribution is 6.03. The molecule has 0 saturated carbocycles. The number of rotatable bonds is 6. The highest BCUT2D eigenvalue weighted by atomic mass is 16.5. The minimum Gasteiger partial charge on any atom is -0.496 e. The fraction of sp³-hybridized carbons (Fsp3) is 0.333. The maximum atomic E-state index is 13.6. The van der Waals surface area contributed by atoms with E-state index in [1.807, 2.05) is 35.2 Å². The number of aldehydes is 1. The molecule has 1 aromatic heterocycles. The molecule has 186 valence electrons. The van der Waals surface area contributed by atoms with Gasteiger partial charge in [-0.3, -0.25) is 14.6 Å². The van der Waals surface area contributed by atoms with Gasteiger partial charge in [0, 0.05) is 39.8 Å². The Bertz CT molecular complexity index is 1230. The molecule has 0 radical (unpaired) electrons. The molecule has 3 aromatic rings. The Balaban J connectivity index is 1.30. The Hall–Kier alpha value is -3.98. The molecule has 1 unspecified atom stereocenters. The molecule has 0 spiro atoms. The number of nitrogens with zero attached hydrogens (tertiary/aromatic N) is 6. The number of amides is 2. The lowest BCUT2D eigenvalue weighted by Gasteiger charge is -2.37. The number of likely N-dealkylation sites (N-methyl/N-ethyl adjacent to an activating group) is 1. The number of carbonyl (C=O) groups excluding carboxylic acids is 2. The van der Waals surface area contributed by atoms with Crippen molar-refractivity contribution >= 4 is 23.8 Å². The van der Waals surface area contributed by atoms with Gasteiger partial charge in [0.05, 0.1) is 18.9 Å². The van der Waals surface area contributed by atoms with Crippen LogP contribution in [-0.4, -0.2) is 85.1 Å². The Morgan fingerprint density at radius 3 is 2.50 bits per heavy atom. The van der Waals surface area contributed by atoms with Crippen LogP contribution in [0.2, 0.25) is 0 Å². The number of para-hydroxylation sites is 1. The molecule has 9 heteroatoms. The summed E-state index contributed by atoms with van der Waals surface area (Å²) in [5, 5.41) is 0. The number of fused-ring (bicyclic) bond motifs is 1. The molecule has 2 aromatic carbocycles. The van der Waals surface area contributed by atoms with E-state index in [0.717, 1.165) is 37.9 Å². The van der Waals surface area contributed by atoms with E-state index in [2.05, 4.69) is 34.1 Å². The van der Waals surface area contributed by atoms with Crippen molar-refractivity contribution in [2.75, 3.05) is 56.7 Å². The van der Waals surface area contributed by atoms with Crippen LogP contribution >= 0.6 is 0 Å². The summed E-state index contributed by atoms with van der Waals surface area (Å²) in [7, 11) is 3.37. The monoisotopic (exact) mass is 486 g/mol. The van der Waals surface area contributed by atoms with Crippen LogP contribution in [-0.2, 0) is 11.2 Å². The minimum atomic E-state index is -0.772. The third kappa shape index (κ3) is 4.49. The number of anilines is 2. The number of hydrogen-bond acceptors (Lipinski definition) is 7. The molecular formula is C27H30N6O3. The SMILES string of the molecule is COc1ccccc1-c1ncc2c(n1)N(C)C(C=O)N2C(=O)N1CCN(CCc2ccccc2)CC1. The fourth-order valence-electron chi connectivity index (χ4n) is 4.81. The first-order valence-corrected chi connectivity index (χ1v) is 12.1. The maximum Gasteiger partial charge on any atom is 0.326 e. The van der Waals surface area contributed by atoms with Crippen LogP contribution in [0, 0.1) is 0 Å². The van der Waals surface area contributed by atoms with Crippen molar-refractivity contribution in [1.82, 2.24) is 19.8 Å². The van der Waals surface area contributed by atoms with E-state index < -0.39 is 6.17 Å². The minimum absolute atomic E-state index is 0.200. The molecule has 0 bridgehead atoms. The van der Waals surface area contributed by atoms with Gasteiger partial charge in [0.15, 0.2) is 24.1 Å². The van der Waals surface area contributed by atoms with Crippen LogP contribution in [0.15, 0.2) is 60.8 Å². The fourth-order valence-corrected chi connectivity index (χ4v) is 4.81. The first-order valence-electron chi connectivity index (χ1n) is 12.1. The molecule has 2 aliphatic rings. The van der Waals surface area contributed by atoms with Gasteiger partial charge in [-0.2, -0.15) is 0 Å². The predicted molar refractivity (Wildman–Crippen MR) is 138 cm³/mol. The lowest BCUT2D eigenvalue weighted by atomic mass is 10.1. The van der Waals surface area contributed by atoms with Crippen LogP contribution in [0.1, 0.15) is 5.56 Å². The number of urea groups is 1. The summed E-state index contributed by atoms with van der Waals surface area (Å²) < 4.78 is 5.45. The van der Waals surface area contributed by atoms with Crippen LogP contribution in [0.5, 0.6) is 5.75 Å².